The molecule has 0 radical (unpaired) electrons. The van der Waals surface area contributed by atoms with Crippen molar-refractivity contribution in [3.63, 3.8) is 0 Å². The number of halogens is 1. The molecule has 2 rings (SSSR count). The van der Waals surface area contributed by atoms with Gasteiger partial charge in [0, 0.05) is 5.69 Å². The average Bonchev–Trinajstić information content (AvgIpc) is 2.76. The number of nitrogens with two attached hydrogens (primary N) is 1. The molecule has 1 saturated carbocycles. The molecule has 0 unspecified atom stereocenters. The first-order valence-corrected chi connectivity index (χ1v) is 3.82. The third-order valence-corrected chi connectivity index (χ3v) is 2.04. The van der Waals surface area contributed by atoms with Gasteiger partial charge in [-0.25, -0.2) is 4.39 Å². The van der Waals surface area contributed by atoms with E-state index in [9.17, 15) is 4.39 Å². The van der Waals surface area contributed by atoms with Crippen LogP contribution in [0.4, 0.5) is 10.1 Å². The van der Waals surface area contributed by atoms with Gasteiger partial charge in [-0.2, -0.15) is 0 Å². The Bertz CT molecular complexity index is 279. The summed E-state index contributed by atoms with van der Waals surface area (Å²) in [6.45, 7) is 0. The molecule has 12 heavy (non-hydrogen) atoms. The molecule has 66 valence electrons. The lowest BCUT2D eigenvalue weighted by Gasteiger charge is -2.00. The van der Waals surface area contributed by atoms with Crippen molar-refractivity contribution in [2.75, 3.05) is 5.73 Å². The minimum Gasteiger partial charge on any atom is -0.399 e. The second-order valence-corrected chi connectivity index (χ2v) is 3.06. The topological polar surface area (TPSA) is 26.0 Å². The van der Waals surface area contributed by atoms with Crippen LogP contribution in [-0.4, -0.2) is 0 Å². The molecule has 0 aliphatic heterocycles. The van der Waals surface area contributed by atoms with Crippen LogP contribution in [0.2, 0.25) is 0 Å². The highest BCUT2D eigenvalue weighted by Gasteiger charge is 2.26. The fraction of sp³-hybridized carbons (Fsp3) is 0.400. The van der Waals surface area contributed by atoms with Crippen LogP contribution in [0.5, 0.6) is 0 Å². The molecule has 1 aromatic rings. The molecule has 1 aromatic carbocycles. The molecule has 1 fully saturated rings. The molecule has 0 heterocycles. The predicted molar refractivity (Wildman–Crippen MR) is 49.5 cm³/mol. The summed E-state index contributed by atoms with van der Waals surface area (Å²) >= 11 is 0. The van der Waals surface area contributed by atoms with Gasteiger partial charge < -0.3 is 5.73 Å². The summed E-state index contributed by atoms with van der Waals surface area (Å²) in [5.41, 5.74) is 6.98. The Hall–Kier alpha value is -1.05. The largest absolute Gasteiger partial charge is 0.399 e. The van der Waals surface area contributed by atoms with Crippen molar-refractivity contribution >= 4 is 5.69 Å². The second kappa shape index (κ2) is 3.13. The van der Waals surface area contributed by atoms with Crippen LogP contribution in [-0.2, 0) is 0 Å². The lowest BCUT2D eigenvalue weighted by molar-refractivity contribution is 0.611. The van der Waals surface area contributed by atoms with Crippen LogP contribution >= 0.6 is 0 Å². The number of rotatable bonds is 1. The van der Waals surface area contributed by atoms with Crippen LogP contribution in [0, 0.1) is 5.82 Å². The first-order valence-electron chi connectivity index (χ1n) is 3.82. The lowest BCUT2D eigenvalue weighted by atomic mass is 10.1. The van der Waals surface area contributed by atoms with Crippen LogP contribution in [0.25, 0.3) is 0 Å². The zero-order valence-corrected chi connectivity index (χ0v) is 6.18. The first kappa shape index (κ1) is 9.04. The highest BCUT2D eigenvalue weighted by molar-refractivity contribution is 5.43. The summed E-state index contributed by atoms with van der Waals surface area (Å²) in [5.74, 6) is 0.334. The van der Waals surface area contributed by atoms with E-state index in [2.05, 4.69) is 0 Å². The molecule has 1 aliphatic rings. The van der Waals surface area contributed by atoms with Gasteiger partial charge in [0.25, 0.3) is 0 Å². The fourth-order valence-electron chi connectivity index (χ4n) is 1.27. The van der Waals surface area contributed by atoms with Gasteiger partial charge in [-0.05, 0) is 42.5 Å². The van der Waals surface area contributed by atoms with E-state index < -0.39 is 0 Å². The molecule has 0 aromatic heterocycles. The summed E-state index contributed by atoms with van der Waals surface area (Å²) in [7, 11) is 0. The van der Waals surface area contributed by atoms with Crippen molar-refractivity contribution in [2.45, 2.75) is 26.2 Å². The van der Waals surface area contributed by atoms with E-state index >= 15 is 0 Å². The van der Waals surface area contributed by atoms with E-state index in [4.69, 9.17) is 5.73 Å². The number of nitrogen functional groups attached to an aromatic ring is 1. The van der Waals surface area contributed by atoms with E-state index in [1.807, 2.05) is 0 Å². The number of hydrogen-bond donors (Lipinski definition) is 1. The Morgan fingerprint density at radius 2 is 2.00 bits per heavy atom. The smallest absolute Gasteiger partial charge is 0.126 e. The van der Waals surface area contributed by atoms with Crippen molar-refractivity contribution in [1.82, 2.24) is 0 Å². The molecule has 0 atom stereocenters. The molecule has 1 nitrogen and oxygen atoms in total. The van der Waals surface area contributed by atoms with Gasteiger partial charge in [0.15, 0.2) is 0 Å². The quantitative estimate of drug-likeness (QED) is 0.639. The molecule has 0 bridgehead atoms. The molecular weight excluding hydrogens is 153 g/mol. The Balaban J connectivity index is 0.000000720. The van der Waals surface area contributed by atoms with E-state index in [1.54, 1.807) is 12.1 Å². The monoisotopic (exact) mass is 167 g/mol. The van der Waals surface area contributed by atoms with E-state index in [0.29, 0.717) is 11.6 Å². The van der Waals surface area contributed by atoms with Gasteiger partial charge in [-0.1, -0.05) is 7.43 Å². The fourth-order valence-corrected chi connectivity index (χ4v) is 1.27. The van der Waals surface area contributed by atoms with Crippen LogP contribution in [0.15, 0.2) is 18.2 Å². The van der Waals surface area contributed by atoms with Crippen LogP contribution < -0.4 is 5.73 Å². The first-order chi connectivity index (χ1) is 5.27. The summed E-state index contributed by atoms with van der Waals surface area (Å²) in [4.78, 5) is 0. The highest BCUT2D eigenvalue weighted by Crippen LogP contribution is 2.41. The molecule has 2 N–H and O–H groups in total. The van der Waals surface area contributed by atoms with Gasteiger partial charge in [0.1, 0.15) is 5.82 Å². The maximum absolute atomic E-state index is 13.0. The minimum absolute atomic E-state index is 0. The number of benzene rings is 1. The van der Waals surface area contributed by atoms with Crippen LogP contribution in [0.3, 0.4) is 0 Å². The highest BCUT2D eigenvalue weighted by atomic mass is 19.1. The Morgan fingerprint density at radius 3 is 2.58 bits per heavy atom. The zero-order chi connectivity index (χ0) is 7.84. The van der Waals surface area contributed by atoms with Crippen molar-refractivity contribution < 1.29 is 4.39 Å². The van der Waals surface area contributed by atoms with Gasteiger partial charge in [0.2, 0.25) is 0 Å². The van der Waals surface area contributed by atoms with Crippen molar-refractivity contribution in [3.05, 3.63) is 29.6 Å². The average molecular weight is 167 g/mol. The number of hydrogen-bond acceptors (Lipinski definition) is 1. The van der Waals surface area contributed by atoms with E-state index in [-0.39, 0.29) is 13.2 Å². The molecule has 0 saturated heterocycles. The molecule has 0 amide bonds. The van der Waals surface area contributed by atoms with Crippen molar-refractivity contribution in [3.8, 4) is 0 Å². The Morgan fingerprint density at radius 1 is 1.33 bits per heavy atom. The lowest BCUT2D eigenvalue weighted by Crippen LogP contribution is -1.90. The van der Waals surface area contributed by atoms with Crippen LogP contribution in [0.1, 0.15) is 31.7 Å². The second-order valence-electron chi connectivity index (χ2n) is 3.06. The van der Waals surface area contributed by atoms with E-state index in [1.165, 1.54) is 6.07 Å². The standard InChI is InChI=1S/C9H10FN.CH4/c10-9-4-3-7(11)5-8(9)6-1-2-6;/h3-6H,1-2,11H2;1H4. The van der Waals surface area contributed by atoms with E-state index in [0.717, 1.165) is 18.4 Å². The van der Waals surface area contributed by atoms with Gasteiger partial charge in [-0.3, -0.25) is 0 Å². The SMILES string of the molecule is C.Nc1ccc(F)c(C2CC2)c1. The minimum atomic E-state index is -0.110. The predicted octanol–water partition coefficient (Wildman–Crippen LogP) is 2.92. The third kappa shape index (κ3) is 1.58. The normalized spacial score (nSPS) is 15.4. The Kier molecular flexibility index (Phi) is 2.36. The summed E-state index contributed by atoms with van der Waals surface area (Å²) in [6, 6.07) is 4.79. The summed E-state index contributed by atoms with van der Waals surface area (Å²) in [5, 5.41) is 0. The van der Waals surface area contributed by atoms with Gasteiger partial charge in [0.05, 0.1) is 0 Å². The maximum atomic E-state index is 13.0. The van der Waals surface area contributed by atoms with Gasteiger partial charge in [-0.15, -0.1) is 0 Å². The van der Waals surface area contributed by atoms with Gasteiger partial charge >= 0.3 is 0 Å². The number of anilines is 1. The molecule has 1 aliphatic carbocycles. The Labute approximate surface area is 72.4 Å². The summed E-state index contributed by atoms with van der Waals surface area (Å²) < 4.78 is 13.0. The molecule has 0 spiro atoms. The molecule has 2 heteroatoms. The molecular formula is C10H14FN. The van der Waals surface area contributed by atoms with Crippen molar-refractivity contribution in [2.24, 2.45) is 0 Å². The van der Waals surface area contributed by atoms with Crippen molar-refractivity contribution in [1.29, 1.82) is 0 Å². The third-order valence-electron chi connectivity index (χ3n) is 2.04. The maximum Gasteiger partial charge on any atom is 0.126 e. The summed E-state index contributed by atoms with van der Waals surface area (Å²) in [6.07, 6.45) is 2.22. The zero-order valence-electron chi connectivity index (χ0n) is 6.18.